The fraction of sp³-hybridized carbons (Fsp3) is 0.0588. The number of carbonyl (C=O) groups is 1. The number of nitrogen functional groups attached to an aromatic ring is 1. The van der Waals surface area contributed by atoms with E-state index in [0.29, 0.717) is 11.5 Å². The van der Waals surface area contributed by atoms with Crippen molar-refractivity contribution < 1.29 is 4.79 Å². The number of benzene rings is 2. The SMILES string of the molecule is NNC(=O)c1cnc(C(c2ccccc2)c2ccccc2)[nH]1. The number of imidazole rings is 1. The number of nitrogens with zero attached hydrogens (tertiary/aromatic N) is 1. The summed E-state index contributed by atoms with van der Waals surface area (Å²) in [4.78, 5) is 19.0. The van der Waals surface area contributed by atoms with E-state index in [0.717, 1.165) is 11.1 Å². The van der Waals surface area contributed by atoms with Crippen molar-refractivity contribution in [1.82, 2.24) is 15.4 Å². The van der Waals surface area contributed by atoms with Crippen molar-refractivity contribution in [1.29, 1.82) is 0 Å². The summed E-state index contributed by atoms with van der Waals surface area (Å²) in [5.41, 5.74) is 4.64. The first kappa shape index (κ1) is 14.0. The van der Waals surface area contributed by atoms with Gasteiger partial charge in [0.05, 0.1) is 12.1 Å². The second-order valence-corrected chi connectivity index (χ2v) is 4.91. The largest absolute Gasteiger partial charge is 0.337 e. The number of carbonyl (C=O) groups excluding carboxylic acids is 1. The Kier molecular flexibility index (Phi) is 3.98. The fourth-order valence-corrected chi connectivity index (χ4v) is 2.48. The third-order valence-corrected chi connectivity index (χ3v) is 3.51. The van der Waals surface area contributed by atoms with Crippen molar-refractivity contribution in [2.45, 2.75) is 5.92 Å². The van der Waals surface area contributed by atoms with Crippen LogP contribution in [0.5, 0.6) is 0 Å². The highest BCUT2D eigenvalue weighted by molar-refractivity contribution is 5.91. The number of hydrogen-bond donors (Lipinski definition) is 3. The van der Waals surface area contributed by atoms with Gasteiger partial charge < -0.3 is 4.98 Å². The number of hydrogen-bond acceptors (Lipinski definition) is 3. The van der Waals surface area contributed by atoms with Crippen molar-refractivity contribution in [2.24, 2.45) is 5.84 Å². The number of amides is 1. The lowest BCUT2D eigenvalue weighted by Crippen LogP contribution is -2.30. The van der Waals surface area contributed by atoms with Gasteiger partial charge in [0, 0.05) is 0 Å². The summed E-state index contributed by atoms with van der Waals surface area (Å²) in [7, 11) is 0. The molecule has 0 radical (unpaired) electrons. The monoisotopic (exact) mass is 292 g/mol. The van der Waals surface area contributed by atoms with E-state index in [1.807, 2.05) is 60.7 Å². The first-order chi connectivity index (χ1) is 10.8. The van der Waals surface area contributed by atoms with Crippen molar-refractivity contribution in [3.8, 4) is 0 Å². The molecular weight excluding hydrogens is 276 g/mol. The quantitative estimate of drug-likeness (QED) is 0.391. The molecule has 110 valence electrons. The molecule has 0 aliphatic carbocycles. The van der Waals surface area contributed by atoms with Crippen LogP contribution in [0.2, 0.25) is 0 Å². The van der Waals surface area contributed by atoms with Crippen LogP contribution in [0, 0.1) is 0 Å². The van der Waals surface area contributed by atoms with Crippen LogP contribution in [0.25, 0.3) is 0 Å². The molecule has 0 unspecified atom stereocenters. The molecule has 0 saturated carbocycles. The molecule has 0 atom stereocenters. The highest BCUT2D eigenvalue weighted by Crippen LogP contribution is 2.29. The van der Waals surface area contributed by atoms with E-state index in [2.05, 4.69) is 15.4 Å². The molecule has 0 aliphatic rings. The number of aromatic nitrogens is 2. The van der Waals surface area contributed by atoms with Crippen LogP contribution in [0.15, 0.2) is 66.9 Å². The number of hydrazine groups is 1. The van der Waals surface area contributed by atoms with Gasteiger partial charge in [-0.1, -0.05) is 60.7 Å². The topological polar surface area (TPSA) is 83.8 Å². The van der Waals surface area contributed by atoms with Crippen molar-refractivity contribution in [3.05, 3.63) is 89.5 Å². The predicted molar refractivity (Wildman–Crippen MR) is 84.1 cm³/mol. The number of H-pyrrole nitrogens is 1. The van der Waals surface area contributed by atoms with Gasteiger partial charge in [0.1, 0.15) is 11.5 Å². The Balaban J connectivity index is 2.06. The summed E-state index contributed by atoms with van der Waals surface area (Å²) >= 11 is 0. The zero-order valence-electron chi connectivity index (χ0n) is 11.9. The Morgan fingerprint density at radius 3 is 2.05 bits per heavy atom. The van der Waals surface area contributed by atoms with E-state index in [-0.39, 0.29) is 5.92 Å². The summed E-state index contributed by atoms with van der Waals surface area (Å²) in [6.45, 7) is 0. The average molecular weight is 292 g/mol. The number of nitrogens with one attached hydrogen (secondary N) is 2. The van der Waals surface area contributed by atoms with Gasteiger partial charge in [0.25, 0.3) is 5.91 Å². The maximum Gasteiger partial charge on any atom is 0.283 e. The molecule has 1 amide bonds. The molecule has 0 aliphatic heterocycles. The second-order valence-electron chi connectivity index (χ2n) is 4.91. The zero-order chi connectivity index (χ0) is 15.4. The molecule has 4 N–H and O–H groups in total. The highest BCUT2D eigenvalue weighted by Gasteiger charge is 2.20. The van der Waals surface area contributed by atoms with Gasteiger partial charge in [-0.2, -0.15) is 0 Å². The van der Waals surface area contributed by atoms with Crippen LogP contribution in [0.3, 0.4) is 0 Å². The number of aromatic amines is 1. The van der Waals surface area contributed by atoms with Gasteiger partial charge in [0.2, 0.25) is 0 Å². The van der Waals surface area contributed by atoms with Crippen LogP contribution >= 0.6 is 0 Å². The molecule has 3 rings (SSSR count). The van der Waals surface area contributed by atoms with E-state index in [4.69, 9.17) is 5.84 Å². The van der Waals surface area contributed by atoms with Crippen molar-refractivity contribution >= 4 is 5.91 Å². The van der Waals surface area contributed by atoms with Crippen LogP contribution < -0.4 is 11.3 Å². The molecule has 0 bridgehead atoms. The molecule has 5 nitrogen and oxygen atoms in total. The minimum absolute atomic E-state index is 0.0678. The van der Waals surface area contributed by atoms with Gasteiger partial charge >= 0.3 is 0 Å². The molecule has 0 fully saturated rings. The molecule has 1 aromatic heterocycles. The van der Waals surface area contributed by atoms with E-state index in [9.17, 15) is 4.79 Å². The third kappa shape index (κ3) is 2.75. The Morgan fingerprint density at radius 2 is 1.55 bits per heavy atom. The summed E-state index contributed by atoms with van der Waals surface area (Å²) in [5, 5.41) is 0. The van der Waals surface area contributed by atoms with Crippen molar-refractivity contribution in [2.75, 3.05) is 0 Å². The molecule has 22 heavy (non-hydrogen) atoms. The maximum atomic E-state index is 11.6. The van der Waals surface area contributed by atoms with Gasteiger partial charge in [-0.3, -0.25) is 10.2 Å². The molecule has 0 saturated heterocycles. The van der Waals surface area contributed by atoms with Crippen LogP contribution in [0.1, 0.15) is 33.4 Å². The molecular formula is C17H16N4O. The molecule has 2 aromatic carbocycles. The zero-order valence-corrected chi connectivity index (χ0v) is 11.9. The standard InChI is InChI=1S/C17H16N4O/c18-21-17(22)14-11-19-16(20-14)15(12-7-3-1-4-8-12)13-9-5-2-6-10-13/h1-11,15H,18H2,(H,19,20)(H,21,22). The van der Waals surface area contributed by atoms with Crippen molar-refractivity contribution in [3.63, 3.8) is 0 Å². The number of nitrogens with two attached hydrogens (primary N) is 1. The Hall–Kier alpha value is -2.92. The second kappa shape index (κ2) is 6.24. The van der Waals surface area contributed by atoms with Crippen LogP contribution in [-0.4, -0.2) is 15.9 Å². The van der Waals surface area contributed by atoms with Gasteiger partial charge in [-0.25, -0.2) is 10.8 Å². The third-order valence-electron chi connectivity index (χ3n) is 3.51. The van der Waals surface area contributed by atoms with Crippen LogP contribution in [-0.2, 0) is 0 Å². The normalized spacial score (nSPS) is 10.6. The van der Waals surface area contributed by atoms with Crippen LogP contribution in [0.4, 0.5) is 0 Å². The van der Waals surface area contributed by atoms with Gasteiger partial charge in [-0.15, -0.1) is 0 Å². The summed E-state index contributed by atoms with van der Waals surface area (Å²) in [6.07, 6.45) is 1.50. The average Bonchev–Trinajstić information content (AvgIpc) is 3.06. The molecule has 5 heteroatoms. The predicted octanol–water partition coefficient (Wildman–Crippen LogP) is 2.19. The smallest absolute Gasteiger partial charge is 0.283 e. The molecule has 0 spiro atoms. The molecule has 3 aromatic rings. The minimum Gasteiger partial charge on any atom is -0.337 e. The van der Waals surface area contributed by atoms with Gasteiger partial charge in [-0.05, 0) is 11.1 Å². The Labute approximate surface area is 128 Å². The van der Waals surface area contributed by atoms with Gasteiger partial charge in [0.15, 0.2) is 0 Å². The number of rotatable bonds is 4. The maximum absolute atomic E-state index is 11.6. The Bertz CT molecular complexity index is 713. The fourth-order valence-electron chi connectivity index (χ4n) is 2.48. The first-order valence-electron chi connectivity index (χ1n) is 6.95. The van der Waals surface area contributed by atoms with E-state index >= 15 is 0 Å². The summed E-state index contributed by atoms with van der Waals surface area (Å²) < 4.78 is 0. The Morgan fingerprint density at radius 1 is 1.00 bits per heavy atom. The highest BCUT2D eigenvalue weighted by atomic mass is 16.2. The van der Waals surface area contributed by atoms with E-state index in [1.165, 1.54) is 6.20 Å². The lowest BCUT2D eigenvalue weighted by atomic mass is 9.91. The lowest BCUT2D eigenvalue weighted by molar-refractivity contribution is 0.0949. The minimum atomic E-state index is -0.390. The summed E-state index contributed by atoms with van der Waals surface area (Å²) in [6, 6.07) is 20.1. The van der Waals surface area contributed by atoms with E-state index in [1.54, 1.807) is 0 Å². The summed E-state index contributed by atoms with van der Waals surface area (Å²) in [5.74, 6) is 5.41. The molecule has 1 heterocycles. The lowest BCUT2D eigenvalue weighted by Gasteiger charge is -2.15. The first-order valence-corrected chi connectivity index (χ1v) is 6.95. The van der Waals surface area contributed by atoms with E-state index < -0.39 is 5.91 Å².